The molecule has 0 aromatic rings. The van der Waals surface area contributed by atoms with E-state index in [9.17, 15) is 4.79 Å². The molecular weight excluding hydrogens is 190 g/mol. The highest BCUT2D eigenvalue weighted by Gasteiger charge is 2.34. The first-order chi connectivity index (χ1) is 7.27. The van der Waals surface area contributed by atoms with E-state index in [1.165, 1.54) is 6.42 Å². The Morgan fingerprint density at radius 3 is 3.07 bits per heavy atom. The number of nitrogens with one attached hydrogen (secondary N) is 1. The van der Waals surface area contributed by atoms with Crippen molar-refractivity contribution in [2.45, 2.75) is 38.3 Å². The van der Waals surface area contributed by atoms with E-state index >= 15 is 0 Å². The maximum Gasteiger partial charge on any atom is 0.407 e. The smallest absolute Gasteiger partial charge is 0.407 e. The minimum absolute atomic E-state index is 0.0180. The predicted octanol–water partition coefficient (Wildman–Crippen LogP) is 2.40. The molecule has 1 amide bonds. The van der Waals surface area contributed by atoms with E-state index in [1.807, 2.05) is 6.92 Å². The number of hydrogen-bond acceptors (Lipinski definition) is 2. The first-order valence-corrected chi connectivity index (χ1v) is 5.58. The Hall–Kier alpha value is -1.25. The van der Waals surface area contributed by atoms with Crippen LogP contribution in [-0.4, -0.2) is 18.2 Å². The summed E-state index contributed by atoms with van der Waals surface area (Å²) in [7, 11) is 0. The van der Waals surface area contributed by atoms with Crippen LogP contribution in [-0.2, 0) is 4.74 Å². The van der Waals surface area contributed by atoms with Crippen LogP contribution in [0.3, 0.4) is 0 Å². The molecular formula is C12H17NO2. The Kier molecular flexibility index (Phi) is 3.09. The van der Waals surface area contributed by atoms with E-state index in [4.69, 9.17) is 4.74 Å². The molecule has 1 aliphatic carbocycles. The molecule has 3 nitrogen and oxygen atoms in total. The van der Waals surface area contributed by atoms with Gasteiger partial charge in [0.1, 0.15) is 6.10 Å². The molecule has 0 spiro atoms. The van der Waals surface area contributed by atoms with Crippen molar-refractivity contribution in [3.63, 3.8) is 0 Å². The summed E-state index contributed by atoms with van der Waals surface area (Å²) in [5.74, 6) is 0.399. The number of cyclic esters (lactones) is 1. The number of amides is 1. The van der Waals surface area contributed by atoms with E-state index in [2.05, 4.69) is 29.6 Å². The van der Waals surface area contributed by atoms with Gasteiger partial charge in [0.05, 0.1) is 6.04 Å². The summed E-state index contributed by atoms with van der Waals surface area (Å²) in [5, 5.41) is 2.89. The van der Waals surface area contributed by atoms with Crippen molar-refractivity contribution >= 4 is 6.09 Å². The lowest BCUT2D eigenvalue weighted by molar-refractivity contribution is 0.135. The molecule has 1 fully saturated rings. The normalized spacial score (nSPS) is 39.8. The SMILES string of the molecule is CC1OC(=O)NC1C1/C=C\C=C/CCC1. The van der Waals surface area contributed by atoms with Gasteiger partial charge in [-0.3, -0.25) is 0 Å². The molecule has 2 rings (SSSR count). The molecule has 0 radical (unpaired) electrons. The summed E-state index contributed by atoms with van der Waals surface area (Å²) in [6, 6.07) is 0.139. The van der Waals surface area contributed by atoms with Crippen molar-refractivity contribution in [1.29, 1.82) is 0 Å². The first kappa shape index (κ1) is 10.3. The molecule has 3 atom stereocenters. The molecule has 15 heavy (non-hydrogen) atoms. The lowest BCUT2D eigenvalue weighted by Gasteiger charge is -2.22. The maximum absolute atomic E-state index is 11.1. The van der Waals surface area contributed by atoms with E-state index in [-0.39, 0.29) is 18.2 Å². The third kappa shape index (κ3) is 2.41. The van der Waals surface area contributed by atoms with Gasteiger partial charge >= 0.3 is 6.09 Å². The van der Waals surface area contributed by atoms with Crippen molar-refractivity contribution < 1.29 is 9.53 Å². The molecule has 1 heterocycles. The number of rotatable bonds is 1. The maximum atomic E-state index is 11.1. The molecule has 1 aliphatic heterocycles. The van der Waals surface area contributed by atoms with E-state index < -0.39 is 0 Å². The van der Waals surface area contributed by atoms with Gasteiger partial charge in [0, 0.05) is 5.92 Å². The van der Waals surface area contributed by atoms with Crippen LogP contribution in [0.25, 0.3) is 0 Å². The molecule has 1 saturated heterocycles. The van der Waals surface area contributed by atoms with Gasteiger partial charge in [-0.1, -0.05) is 24.3 Å². The second-order valence-corrected chi connectivity index (χ2v) is 4.19. The standard InChI is InChI=1S/C12H17NO2/c1-9-11(13-12(14)15-9)10-7-5-3-2-4-6-8-10/h2-3,5,7,9-11H,4,6,8H2,1H3,(H,13,14)/b3-2-,7-5-. The van der Waals surface area contributed by atoms with Crippen molar-refractivity contribution in [2.75, 3.05) is 0 Å². The third-order valence-electron chi connectivity index (χ3n) is 3.06. The summed E-state index contributed by atoms with van der Waals surface area (Å²) < 4.78 is 5.10. The zero-order valence-corrected chi connectivity index (χ0v) is 8.98. The van der Waals surface area contributed by atoms with E-state index in [0.717, 1.165) is 12.8 Å². The van der Waals surface area contributed by atoms with Gasteiger partial charge in [-0.15, -0.1) is 0 Å². The average molecular weight is 207 g/mol. The summed E-state index contributed by atoms with van der Waals surface area (Å²) in [4.78, 5) is 11.1. The Balaban J connectivity index is 2.05. The topological polar surface area (TPSA) is 38.3 Å². The van der Waals surface area contributed by atoms with Crippen LogP contribution < -0.4 is 5.32 Å². The summed E-state index contributed by atoms with van der Waals surface area (Å²) >= 11 is 0. The Labute approximate surface area is 90.2 Å². The molecule has 3 heteroatoms. The molecule has 0 saturated carbocycles. The molecule has 82 valence electrons. The van der Waals surface area contributed by atoms with Crippen molar-refractivity contribution in [2.24, 2.45) is 5.92 Å². The van der Waals surface area contributed by atoms with Crippen LogP contribution in [0.4, 0.5) is 4.79 Å². The highest BCUT2D eigenvalue weighted by Crippen LogP contribution is 2.23. The molecule has 1 N–H and O–H groups in total. The van der Waals surface area contributed by atoms with E-state index in [0.29, 0.717) is 5.92 Å². The quantitative estimate of drug-likeness (QED) is 0.717. The van der Waals surface area contributed by atoms with Gasteiger partial charge in [0.15, 0.2) is 0 Å². The van der Waals surface area contributed by atoms with Gasteiger partial charge < -0.3 is 10.1 Å². The average Bonchev–Trinajstić information content (AvgIpc) is 2.45. The van der Waals surface area contributed by atoms with Crippen LogP contribution in [0.5, 0.6) is 0 Å². The Bertz CT molecular complexity index is 296. The zero-order valence-electron chi connectivity index (χ0n) is 8.98. The summed E-state index contributed by atoms with van der Waals surface area (Å²) in [6.07, 6.45) is 11.6. The van der Waals surface area contributed by atoms with Crippen molar-refractivity contribution in [3.05, 3.63) is 24.3 Å². The fraction of sp³-hybridized carbons (Fsp3) is 0.583. The number of alkyl carbamates (subject to hydrolysis) is 1. The first-order valence-electron chi connectivity index (χ1n) is 5.58. The van der Waals surface area contributed by atoms with Crippen molar-refractivity contribution in [1.82, 2.24) is 5.32 Å². The second-order valence-electron chi connectivity index (χ2n) is 4.19. The number of ether oxygens (including phenoxy) is 1. The van der Waals surface area contributed by atoms with Gasteiger partial charge in [0.25, 0.3) is 0 Å². The lowest BCUT2D eigenvalue weighted by Crippen LogP contribution is -2.37. The van der Waals surface area contributed by atoms with Crippen LogP contribution in [0, 0.1) is 5.92 Å². The number of carbonyl (C=O) groups is 1. The lowest BCUT2D eigenvalue weighted by atomic mass is 9.89. The highest BCUT2D eigenvalue weighted by atomic mass is 16.6. The molecule has 3 unspecified atom stereocenters. The summed E-state index contributed by atoms with van der Waals surface area (Å²) in [6.45, 7) is 1.95. The predicted molar refractivity (Wildman–Crippen MR) is 58.5 cm³/mol. The summed E-state index contributed by atoms with van der Waals surface area (Å²) in [5.41, 5.74) is 0. The second kappa shape index (κ2) is 4.51. The van der Waals surface area contributed by atoms with Gasteiger partial charge in [-0.2, -0.15) is 0 Å². The minimum atomic E-state index is -0.279. The van der Waals surface area contributed by atoms with Crippen LogP contribution in [0.15, 0.2) is 24.3 Å². The van der Waals surface area contributed by atoms with Crippen molar-refractivity contribution in [3.8, 4) is 0 Å². The monoisotopic (exact) mass is 207 g/mol. The highest BCUT2D eigenvalue weighted by molar-refractivity contribution is 5.70. The zero-order chi connectivity index (χ0) is 10.7. The third-order valence-corrected chi connectivity index (χ3v) is 3.06. The van der Waals surface area contributed by atoms with E-state index in [1.54, 1.807) is 0 Å². The number of carbonyl (C=O) groups excluding carboxylic acids is 1. The van der Waals surface area contributed by atoms with Crippen LogP contribution in [0.1, 0.15) is 26.2 Å². The van der Waals surface area contributed by atoms with Gasteiger partial charge in [0.2, 0.25) is 0 Å². The number of allylic oxidation sites excluding steroid dienone is 3. The Morgan fingerprint density at radius 1 is 1.47 bits per heavy atom. The Morgan fingerprint density at radius 2 is 2.33 bits per heavy atom. The fourth-order valence-electron chi connectivity index (χ4n) is 2.23. The molecule has 0 aromatic carbocycles. The molecule has 2 aliphatic rings. The largest absolute Gasteiger partial charge is 0.444 e. The van der Waals surface area contributed by atoms with Gasteiger partial charge in [-0.25, -0.2) is 4.79 Å². The number of hydrogen-bond donors (Lipinski definition) is 1. The molecule has 0 aromatic heterocycles. The fourth-order valence-corrected chi connectivity index (χ4v) is 2.23. The molecule has 0 bridgehead atoms. The minimum Gasteiger partial charge on any atom is -0.444 e. The van der Waals surface area contributed by atoms with Crippen LogP contribution in [0.2, 0.25) is 0 Å². The van der Waals surface area contributed by atoms with Crippen LogP contribution >= 0.6 is 0 Å². The van der Waals surface area contributed by atoms with Gasteiger partial charge in [-0.05, 0) is 26.2 Å².